The smallest absolute Gasteiger partial charge is 0.326 e. The number of carbonyl (C=O) groups excluding carboxylic acids is 2. The van der Waals surface area contributed by atoms with Gasteiger partial charge in [0.05, 0.1) is 0 Å². The third-order valence-electron chi connectivity index (χ3n) is 4.24. The van der Waals surface area contributed by atoms with Gasteiger partial charge in [0.1, 0.15) is 11.7 Å². The van der Waals surface area contributed by atoms with Gasteiger partial charge in [0.25, 0.3) is 11.8 Å². The number of carboxylic acids is 1. The molecule has 1 heterocycles. The molecular formula is C23H20N2O4S. The van der Waals surface area contributed by atoms with Gasteiger partial charge in [-0.1, -0.05) is 54.6 Å². The van der Waals surface area contributed by atoms with Gasteiger partial charge in [-0.3, -0.25) is 9.59 Å². The van der Waals surface area contributed by atoms with Crippen LogP contribution in [0.3, 0.4) is 0 Å². The molecule has 7 heteroatoms. The van der Waals surface area contributed by atoms with Crippen LogP contribution >= 0.6 is 11.3 Å². The predicted octanol–water partition coefficient (Wildman–Crippen LogP) is 3.33. The highest BCUT2D eigenvalue weighted by Gasteiger charge is 2.23. The summed E-state index contributed by atoms with van der Waals surface area (Å²) in [5.41, 5.74) is 1.15. The standard InChI is InChI=1S/C23H20N2O4S/c26-21(17-10-5-2-6-11-17)24-19(15-18-12-7-13-30-18)22(27)25-20(23(28)29)14-16-8-3-1-4-9-16/h1-13,15,20H,14H2,(H,24,26)(H,25,27)(H,28,29)/b19-15+. The average Bonchev–Trinajstić information content (AvgIpc) is 3.27. The van der Waals surface area contributed by atoms with Gasteiger partial charge in [0.2, 0.25) is 0 Å². The first-order valence-corrected chi connectivity index (χ1v) is 10.1. The Hall–Kier alpha value is -3.71. The van der Waals surface area contributed by atoms with E-state index in [1.165, 1.54) is 17.4 Å². The van der Waals surface area contributed by atoms with Gasteiger partial charge in [-0.2, -0.15) is 0 Å². The van der Waals surface area contributed by atoms with Crippen LogP contribution in [-0.4, -0.2) is 28.9 Å². The van der Waals surface area contributed by atoms with E-state index in [-0.39, 0.29) is 12.1 Å². The summed E-state index contributed by atoms with van der Waals surface area (Å²) in [6, 6.07) is 20.0. The van der Waals surface area contributed by atoms with Crippen LogP contribution in [0.15, 0.2) is 83.9 Å². The Morgan fingerprint density at radius 2 is 1.60 bits per heavy atom. The molecule has 1 aromatic heterocycles. The first-order valence-electron chi connectivity index (χ1n) is 9.22. The third kappa shape index (κ3) is 5.89. The topological polar surface area (TPSA) is 95.5 Å². The lowest BCUT2D eigenvalue weighted by atomic mass is 10.1. The molecule has 1 unspecified atom stereocenters. The van der Waals surface area contributed by atoms with E-state index in [2.05, 4.69) is 10.6 Å². The van der Waals surface area contributed by atoms with Crippen molar-refractivity contribution in [3.63, 3.8) is 0 Å². The molecule has 3 N–H and O–H groups in total. The summed E-state index contributed by atoms with van der Waals surface area (Å²) in [6.07, 6.45) is 1.66. The molecule has 152 valence electrons. The number of thiophene rings is 1. The Morgan fingerprint density at radius 3 is 2.20 bits per heavy atom. The zero-order valence-corrected chi connectivity index (χ0v) is 16.8. The fourth-order valence-electron chi connectivity index (χ4n) is 2.74. The minimum Gasteiger partial charge on any atom is -0.480 e. The molecule has 6 nitrogen and oxygen atoms in total. The second-order valence-electron chi connectivity index (χ2n) is 6.45. The van der Waals surface area contributed by atoms with E-state index in [1.54, 1.807) is 60.7 Å². The van der Waals surface area contributed by atoms with Gasteiger partial charge in [-0.05, 0) is 35.2 Å². The van der Waals surface area contributed by atoms with Crippen molar-refractivity contribution in [1.82, 2.24) is 10.6 Å². The van der Waals surface area contributed by atoms with Crippen LogP contribution in [0, 0.1) is 0 Å². The van der Waals surface area contributed by atoms with Crippen molar-refractivity contribution in [2.24, 2.45) is 0 Å². The molecule has 0 spiro atoms. The molecular weight excluding hydrogens is 400 g/mol. The van der Waals surface area contributed by atoms with E-state index in [1.807, 2.05) is 17.5 Å². The Labute approximate surface area is 177 Å². The van der Waals surface area contributed by atoms with Gasteiger partial charge in [-0.15, -0.1) is 11.3 Å². The number of carboxylic acid groups (broad SMARTS) is 1. The van der Waals surface area contributed by atoms with Gasteiger partial charge in [0.15, 0.2) is 0 Å². The van der Waals surface area contributed by atoms with Gasteiger partial charge < -0.3 is 15.7 Å². The molecule has 1 atom stereocenters. The minimum absolute atomic E-state index is 0.0226. The van der Waals surface area contributed by atoms with Crippen LogP contribution in [0.1, 0.15) is 20.8 Å². The van der Waals surface area contributed by atoms with Crippen LogP contribution in [0.4, 0.5) is 0 Å². The Kier molecular flexibility index (Phi) is 7.13. The van der Waals surface area contributed by atoms with Crippen LogP contribution in [0.5, 0.6) is 0 Å². The number of hydrogen-bond acceptors (Lipinski definition) is 4. The number of aliphatic carboxylic acids is 1. The molecule has 2 amide bonds. The quantitative estimate of drug-likeness (QED) is 0.487. The molecule has 0 aliphatic carbocycles. The highest BCUT2D eigenvalue weighted by Crippen LogP contribution is 2.14. The van der Waals surface area contributed by atoms with Crippen molar-refractivity contribution in [3.8, 4) is 0 Å². The van der Waals surface area contributed by atoms with Gasteiger partial charge in [0, 0.05) is 16.9 Å². The molecule has 0 bridgehead atoms. The first-order chi connectivity index (χ1) is 14.5. The van der Waals surface area contributed by atoms with Crippen molar-refractivity contribution in [1.29, 1.82) is 0 Å². The Balaban J connectivity index is 1.80. The van der Waals surface area contributed by atoms with E-state index < -0.39 is 23.8 Å². The predicted molar refractivity (Wildman–Crippen MR) is 116 cm³/mol. The fourth-order valence-corrected chi connectivity index (χ4v) is 3.40. The molecule has 0 aliphatic rings. The number of rotatable bonds is 8. The molecule has 0 radical (unpaired) electrons. The lowest BCUT2D eigenvalue weighted by Crippen LogP contribution is -2.45. The number of hydrogen-bond donors (Lipinski definition) is 3. The van der Waals surface area contributed by atoms with E-state index >= 15 is 0 Å². The molecule has 2 aromatic carbocycles. The lowest BCUT2D eigenvalue weighted by Gasteiger charge is -2.17. The van der Waals surface area contributed by atoms with Crippen molar-refractivity contribution in [2.45, 2.75) is 12.5 Å². The van der Waals surface area contributed by atoms with E-state index in [0.717, 1.165) is 10.4 Å². The van der Waals surface area contributed by atoms with Gasteiger partial charge >= 0.3 is 5.97 Å². The second kappa shape index (κ2) is 10.2. The summed E-state index contributed by atoms with van der Waals surface area (Å²) in [5.74, 6) is -2.28. The Morgan fingerprint density at radius 1 is 0.933 bits per heavy atom. The summed E-state index contributed by atoms with van der Waals surface area (Å²) >= 11 is 1.40. The molecule has 30 heavy (non-hydrogen) atoms. The summed E-state index contributed by atoms with van der Waals surface area (Å²) in [4.78, 5) is 37.9. The van der Waals surface area contributed by atoms with Crippen molar-refractivity contribution < 1.29 is 19.5 Å². The largest absolute Gasteiger partial charge is 0.480 e. The van der Waals surface area contributed by atoms with Crippen LogP contribution in [0.25, 0.3) is 6.08 Å². The maximum Gasteiger partial charge on any atom is 0.326 e. The molecule has 0 saturated heterocycles. The molecule has 0 aliphatic heterocycles. The normalized spacial score (nSPS) is 12.1. The van der Waals surface area contributed by atoms with Crippen LogP contribution in [-0.2, 0) is 16.0 Å². The zero-order chi connectivity index (χ0) is 21.3. The maximum atomic E-state index is 12.9. The minimum atomic E-state index is -1.16. The monoisotopic (exact) mass is 420 g/mol. The zero-order valence-electron chi connectivity index (χ0n) is 15.9. The van der Waals surface area contributed by atoms with E-state index in [0.29, 0.717) is 5.56 Å². The highest BCUT2D eigenvalue weighted by atomic mass is 32.1. The first kappa shape index (κ1) is 21.0. The van der Waals surface area contributed by atoms with E-state index in [9.17, 15) is 19.5 Å². The van der Waals surface area contributed by atoms with Crippen LogP contribution < -0.4 is 10.6 Å². The highest BCUT2D eigenvalue weighted by molar-refractivity contribution is 7.10. The SMILES string of the molecule is O=C(NC(Cc1ccccc1)C(=O)O)/C(=C\c1cccs1)NC(=O)c1ccccc1. The van der Waals surface area contributed by atoms with Gasteiger partial charge in [-0.25, -0.2) is 4.79 Å². The summed E-state index contributed by atoms with van der Waals surface area (Å²) in [7, 11) is 0. The number of amides is 2. The van der Waals surface area contributed by atoms with Crippen LogP contribution in [0.2, 0.25) is 0 Å². The number of carbonyl (C=O) groups is 3. The maximum absolute atomic E-state index is 12.9. The second-order valence-corrected chi connectivity index (χ2v) is 7.43. The summed E-state index contributed by atoms with van der Waals surface area (Å²) in [5, 5.41) is 16.5. The third-order valence-corrected chi connectivity index (χ3v) is 5.06. The average molecular weight is 420 g/mol. The van der Waals surface area contributed by atoms with Crippen molar-refractivity contribution >= 4 is 35.2 Å². The molecule has 0 saturated carbocycles. The molecule has 3 aromatic rings. The summed E-state index contributed by atoms with van der Waals surface area (Å²) < 4.78 is 0. The summed E-state index contributed by atoms with van der Waals surface area (Å²) in [6.45, 7) is 0. The van der Waals surface area contributed by atoms with E-state index in [4.69, 9.17) is 0 Å². The number of benzene rings is 2. The number of nitrogens with one attached hydrogen (secondary N) is 2. The fraction of sp³-hybridized carbons (Fsp3) is 0.0870. The molecule has 0 fully saturated rings. The van der Waals surface area contributed by atoms with Crippen molar-refractivity contribution in [2.75, 3.05) is 0 Å². The molecule has 3 rings (SSSR count). The lowest BCUT2D eigenvalue weighted by molar-refractivity contribution is -0.141. The van der Waals surface area contributed by atoms with Crippen molar-refractivity contribution in [3.05, 3.63) is 99.9 Å². The Bertz CT molecular complexity index is 1030.